The Kier molecular flexibility index (Phi) is 5.02. The van der Waals surface area contributed by atoms with Gasteiger partial charge in [0.1, 0.15) is 11.5 Å². The second-order valence-electron chi connectivity index (χ2n) is 4.45. The molecule has 0 aromatic heterocycles. The molecule has 106 valence electrons. The minimum Gasteiger partial charge on any atom is -0.494 e. The topological polar surface area (TPSA) is 44.5 Å². The maximum Gasteiger partial charge on any atom is 0.124 e. The molecule has 3 heteroatoms. The minimum absolute atomic E-state index is 0.201. The zero-order valence-corrected chi connectivity index (χ0v) is 12.0. The number of para-hydroxylation sites is 1. The van der Waals surface area contributed by atoms with Gasteiger partial charge in [0.25, 0.3) is 0 Å². The summed E-state index contributed by atoms with van der Waals surface area (Å²) in [5, 5.41) is 0. The molecule has 2 rings (SSSR count). The van der Waals surface area contributed by atoms with Crippen LogP contribution in [0.15, 0.2) is 48.5 Å². The van der Waals surface area contributed by atoms with Gasteiger partial charge >= 0.3 is 0 Å². The van der Waals surface area contributed by atoms with Crippen LogP contribution in [0.5, 0.6) is 11.5 Å². The van der Waals surface area contributed by atoms with Crippen LogP contribution in [0.25, 0.3) is 0 Å². The summed E-state index contributed by atoms with van der Waals surface area (Å²) in [4.78, 5) is 0. The fourth-order valence-electron chi connectivity index (χ4n) is 2.14. The third kappa shape index (κ3) is 3.31. The van der Waals surface area contributed by atoms with Crippen molar-refractivity contribution in [3.63, 3.8) is 0 Å². The molecule has 0 saturated heterocycles. The van der Waals surface area contributed by atoms with E-state index in [2.05, 4.69) is 0 Å². The summed E-state index contributed by atoms with van der Waals surface area (Å²) in [5.74, 6) is 1.71. The molecule has 1 atom stereocenters. The largest absolute Gasteiger partial charge is 0.494 e. The van der Waals surface area contributed by atoms with E-state index in [-0.39, 0.29) is 6.04 Å². The van der Waals surface area contributed by atoms with Crippen LogP contribution < -0.4 is 15.2 Å². The molecule has 0 bridgehead atoms. The summed E-state index contributed by atoms with van der Waals surface area (Å²) in [7, 11) is 0. The fourth-order valence-corrected chi connectivity index (χ4v) is 2.14. The van der Waals surface area contributed by atoms with E-state index in [1.54, 1.807) is 0 Å². The predicted molar refractivity (Wildman–Crippen MR) is 81.3 cm³/mol. The lowest BCUT2D eigenvalue weighted by atomic mass is 9.99. The van der Waals surface area contributed by atoms with Crippen LogP contribution in [-0.4, -0.2) is 13.2 Å². The average molecular weight is 271 g/mol. The number of ether oxygens (including phenoxy) is 2. The highest BCUT2D eigenvalue weighted by atomic mass is 16.5. The van der Waals surface area contributed by atoms with Crippen LogP contribution in [0.3, 0.4) is 0 Å². The molecule has 0 fully saturated rings. The van der Waals surface area contributed by atoms with Crippen molar-refractivity contribution in [2.24, 2.45) is 5.73 Å². The number of hydrogen-bond acceptors (Lipinski definition) is 3. The van der Waals surface area contributed by atoms with Crippen molar-refractivity contribution < 1.29 is 9.47 Å². The Morgan fingerprint density at radius 1 is 0.900 bits per heavy atom. The van der Waals surface area contributed by atoms with E-state index >= 15 is 0 Å². The Bertz CT molecular complexity index is 537. The molecule has 2 aromatic rings. The van der Waals surface area contributed by atoms with Gasteiger partial charge < -0.3 is 15.2 Å². The zero-order valence-electron chi connectivity index (χ0n) is 12.0. The first kappa shape index (κ1) is 14.4. The third-order valence-electron chi connectivity index (χ3n) is 3.10. The summed E-state index contributed by atoms with van der Waals surface area (Å²) >= 11 is 0. The fraction of sp³-hybridized carbons (Fsp3) is 0.294. The highest BCUT2D eigenvalue weighted by Crippen LogP contribution is 2.29. The standard InChI is InChI=1S/C17H21NO2/c1-3-19-14-11-9-13(10-12-14)17(18)15-7-5-6-8-16(15)20-4-2/h5-12,17H,3-4,18H2,1-2H3. The molecule has 0 saturated carbocycles. The Hall–Kier alpha value is -2.00. The van der Waals surface area contributed by atoms with Gasteiger partial charge in [-0.05, 0) is 37.6 Å². The molecule has 0 aliphatic carbocycles. The van der Waals surface area contributed by atoms with Crippen LogP contribution in [0, 0.1) is 0 Å². The molecule has 20 heavy (non-hydrogen) atoms. The summed E-state index contributed by atoms with van der Waals surface area (Å²) in [6.07, 6.45) is 0. The van der Waals surface area contributed by atoms with E-state index in [4.69, 9.17) is 15.2 Å². The number of rotatable bonds is 6. The third-order valence-corrected chi connectivity index (χ3v) is 3.10. The van der Waals surface area contributed by atoms with Crippen molar-refractivity contribution in [3.8, 4) is 11.5 Å². The monoisotopic (exact) mass is 271 g/mol. The number of nitrogens with two attached hydrogens (primary N) is 1. The second kappa shape index (κ2) is 6.96. The van der Waals surface area contributed by atoms with E-state index in [0.717, 1.165) is 22.6 Å². The van der Waals surface area contributed by atoms with E-state index in [0.29, 0.717) is 13.2 Å². The first-order valence-corrected chi connectivity index (χ1v) is 6.96. The maximum absolute atomic E-state index is 6.35. The summed E-state index contributed by atoms with van der Waals surface area (Å²) in [6.45, 7) is 5.24. The quantitative estimate of drug-likeness (QED) is 0.874. The normalized spacial score (nSPS) is 11.9. The second-order valence-corrected chi connectivity index (χ2v) is 4.45. The van der Waals surface area contributed by atoms with Gasteiger partial charge in [0.05, 0.1) is 19.3 Å². The van der Waals surface area contributed by atoms with Gasteiger partial charge in [-0.25, -0.2) is 0 Å². The minimum atomic E-state index is -0.201. The molecule has 1 unspecified atom stereocenters. The molecule has 3 nitrogen and oxygen atoms in total. The molecular weight excluding hydrogens is 250 g/mol. The smallest absolute Gasteiger partial charge is 0.124 e. The predicted octanol–water partition coefficient (Wildman–Crippen LogP) is 3.53. The van der Waals surface area contributed by atoms with Gasteiger partial charge in [-0.1, -0.05) is 30.3 Å². The number of benzene rings is 2. The number of hydrogen-bond donors (Lipinski definition) is 1. The van der Waals surface area contributed by atoms with Gasteiger partial charge in [-0.2, -0.15) is 0 Å². The molecule has 0 amide bonds. The van der Waals surface area contributed by atoms with Gasteiger partial charge in [0.15, 0.2) is 0 Å². The summed E-state index contributed by atoms with van der Waals surface area (Å²) in [5.41, 5.74) is 8.39. The lowest BCUT2D eigenvalue weighted by Gasteiger charge is -2.17. The van der Waals surface area contributed by atoms with Gasteiger partial charge in [-0.15, -0.1) is 0 Å². The Morgan fingerprint density at radius 3 is 2.20 bits per heavy atom. The Morgan fingerprint density at radius 2 is 1.55 bits per heavy atom. The molecule has 0 aliphatic rings. The van der Waals surface area contributed by atoms with Gasteiger partial charge in [0.2, 0.25) is 0 Å². The van der Waals surface area contributed by atoms with Crippen molar-refractivity contribution >= 4 is 0 Å². The van der Waals surface area contributed by atoms with Crippen molar-refractivity contribution in [3.05, 3.63) is 59.7 Å². The summed E-state index contributed by atoms with van der Waals surface area (Å²) in [6, 6.07) is 15.6. The average Bonchev–Trinajstić information content (AvgIpc) is 2.49. The Labute approximate surface area is 120 Å². The molecule has 0 spiro atoms. The molecule has 2 aromatic carbocycles. The van der Waals surface area contributed by atoms with E-state index in [1.165, 1.54) is 0 Å². The highest BCUT2D eigenvalue weighted by molar-refractivity contribution is 5.42. The van der Waals surface area contributed by atoms with Crippen LogP contribution >= 0.6 is 0 Å². The van der Waals surface area contributed by atoms with E-state index in [1.807, 2.05) is 62.4 Å². The van der Waals surface area contributed by atoms with E-state index in [9.17, 15) is 0 Å². The lowest BCUT2D eigenvalue weighted by Crippen LogP contribution is -2.13. The van der Waals surface area contributed by atoms with Crippen LogP contribution in [-0.2, 0) is 0 Å². The zero-order chi connectivity index (χ0) is 14.4. The first-order valence-electron chi connectivity index (χ1n) is 6.96. The van der Waals surface area contributed by atoms with E-state index < -0.39 is 0 Å². The lowest BCUT2D eigenvalue weighted by molar-refractivity contribution is 0.335. The Balaban J connectivity index is 2.24. The first-order chi connectivity index (χ1) is 9.76. The molecule has 0 radical (unpaired) electrons. The maximum atomic E-state index is 6.35. The van der Waals surface area contributed by atoms with Crippen molar-refractivity contribution in [2.45, 2.75) is 19.9 Å². The van der Waals surface area contributed by atoms with Crippen molar-refractivity contribution in [2.75, 3.05) is 13.2 Å². The highest BCUT2D eigenvalue weighted by Gasteiger charge is 2.13. The van der Waals surface area contributed by atoms with Crippen molar-refractivity contribution in [1.29, 1.82) is 0 Å². The molecule has 0 heterocycles. The summed E-state index contributed by atoms with van der Waals surface area (Å²) < 4.78 is 11.1. The van der Waals surface area contributed by atoms with Gasteiger partial charge in [0, 0.05) is 5.56 Å². The van der Waals surface area contributed by atoms with Crippen LogP contribution in [0.4, 0.5) is 0 Å². The van der Waals surface area contributed by atoms with Crippen LogP contribution in [0.2, 0.25) is 0 Å². The van der Waals surface area contributed by atoms with Gasteiger partial charge in [-0.3, -0.25) is 0 Å². The molecular formula is C17H21NO2. The SMILES string of the molecule is CCOc1ccc(C(N)c2ccccc2OCC)cc1. The van der Waals surface area contributed by atoms with Crippen molar-refractivity contribution in [1.82, 2.24) is 0 Å². The van der Waals surface area contributed by atoms with Crippen LogP contribution in [0.1, 0.15) is 31.0 Å². The molecule has 2 N–H and O–H groups in total. The molecule has 0 aliphatic heterocycles.